The Balaban J connectivity index is 1.63. The molecular formula is C19H15ClF2N2O4S. The van der Waals surface area contributed by atoms with Gasteiger partial charge in [-0.05, 0) is 36.4 Å². The number of amides is 1. The van der Waals surface area contributed by atoms with Gasteiger partial charge >= 0.3 is 6.61 Å². The minimum atomic E-state index is -3.02. The Morgan fingerprint density at radius 2 is 1.97 bits per heavy atom. The number of halogens is 3. The van der Waals surface area contributed by atoms with E-state index in [0.717, 1.165) is 0 Å². The predicted molar refractivity (Wildman–Crippen MR) is 105 cm³/mol. The average Bonchev–Trinajstić information content (AvgIpc) is 3.17. The van der Waals surface area contributed by atoms with Gasteiger partial charge in [0, 0.05) is 22.2 Å². The molecule has 0 fully saturated rings. The summed E-state index contributed by atoms with van der Waals surface area (Å²) in [6.45, 7) is -2.83. The van der Waals surface area contributed by atoms with Crippen LogP contribution in [0.2, 0.25) is 5.02 Å². The molecule has 6 nitrogen and oxygen atoms in total. The maximum atomic E-state index is 12.5. The third-order valence-corrected chi connectivity index (χ3v) is 4.67. The lowest BCUT2D eigenvalue weighted by atomic mass is 10.2. The smallest absolute Gasteiger partial charge is 0.387 e. The zero-order valence-electron chi connectivity index (χ0n) is 15.0. The molecule has 3 rings (SSSR count). The van der Waals surface area contributed by atoms with Gasteiger partial charge in [0.25, 0.3) is 5.91 Å². The summed E-state index contributed by atoms with van der Waals surface area (Å²) >= 11 is 7.08. The average molecular weight is 441 g/mol. The molecule has 0 saturated heterocycles. The fraction of sp³-hybridized carbons (Fsp3) is 0.158. The highest BCUT2D eigenvalue weighted by Crippen LogP contribution is 2.31. The van der Waals surface area contributed by atoms with Crippen molar-refractivity contribution < 1.29 is 27.8 Å². The lowest BCUT2D eigenvalue weighted by molar-refractivity contribution is -0.0511. The van der Waals surface area contributed by atoms with E-state index in [-0.39, 0.29) is 29.5 Å². The summed E-state index contributed by atoms with van der Waals surface area (Å²) < 4.78 is 40.0. The largest absolute Gasteiger partial charge is 0.493 e. The first-order valence-electron chi connectivity index (χ1n) is 8.21. The third-order valence-electron chi connectivity index (χ3n) is 3.60. The number of thiazole rings is 1. The molecule has 0 spiro atoms. The Hall–Kier alpha value is -2.91. The number of hydrogen-bond acceptors (Lipinski definition) is 6. The van der Waals surface area contributed by atoms with E-state index in [1.165, 1.54) is 36.6 Å². The third kappa shape index (κ3) is 5.78. The van der Waals surface area contributed by atoms with Gasteiger partial charge in [-0.15, -0.1) is 11.3 Å². The number of anilines is 1. The Morgan fingerprint density at radius 1 is 1.21 bits per heavy atom. The monoisotopic (exact) mass is 440 g/mol. The first kappa shape index (κ1) is 20.8. The van der Waals surface area contributed by atoms with E-state index in [1.807, 2.05) is 0 Å². The van der Waals surface area contributed by atoms with E-state index in [4.69, 9.17) is 21.1 Å². The number of ether oxygens (including phenoxy) is 3. The van der Waals surface area contributed by atoms with E-state index < -0.39 is 12.5 Å². The van der Waals surface area contributed by atoms with Gasteiger partial charge in [-0.25, -0.2) is 4.98 Å². The minimum Gasteiger partial charge on any atom is -0.493 e. The molecule has 3 aromatic rings. The summed E-state index contributed by atoms with van der Waals surface area (Å²) in [5.41, 5.74) is 0.440. The second-order valence-electron chi connectivity index (χ2n) is 5.57. The lowest BCUT2D eigenvalue weighted by Gasteiger charge is -2.11. The van der Waals surface area contributed by atoms with Crippen molar-refractivity contribution in [3.63, 3.8) is 0 Å². The lowest BCUT2D eigenvalue weighted by Crippen LogP contribution is -2.13. The highest BCUT2D eigenvalue weighted by molar-refractivity contribution is 7.09. The number of alkyl halides is 2. The van der Waals surface area contributed by atoms with Crippen LogP contribution < -0.4 is 19.5 Å². The molecule has 1 heterocycles. The Labute approximate surface area is 174 Å². The Bertz CT molecular complexity index is 983. The van der Waals surface area contributed by atoms with Crippen molar-refractivity contribution in [2.45, 2.75) is 13.2 Å². The van der Waals surface area contributed by atoms with Crippen molar-refractivity contribution in [2.24, 2.45) is 0 Å². The fourth-order valence-corrected chi connectivity index (χ4v) is 3.11. The van der Waals surface area contributed by atoms with E-state index in [2.05, 4.69) is 15.0 Å². The van der Waals surface area contributed by atoms with Gasteiger partial charge in [0.2, 0.25) is 0 Å². The summed E-state index contributed by atoms with van der Waals surface area (Å²) in [6, 6.07) is 11.0. The number of aromatic nitrogens is 1. The molecule has 0 bridgehead atoms. The highest BCUT2D eigenvalue weighted by Gasteiger charge is 2.15. The zero-order chi connectivity index (χ0) is 20.8. The molecule has 0 unspecified atom stereocenters. The summed E-state index contributed by atoms with van der Waals surface area (Å²) in [5, 5.41) is 5.37. The summed E-state index contributed by atoms with van der Waals surface area (Å²) in [6.07, 6.45) is 0. The Kier molecular flexibility index (Phi) is 6.84. The summed E-state index contributed by atoms with van der Waals surface area (Å²) in [5.74, 6) is 0.0711. The number of benzene rings is 2. The van der Waals surface area contributed by atoms with Gasteiger partial charge in [0.15, 0.2) is 11.5 Å². The quantitative estimate of drug-likeness (QED) is 0.519. The molecule has 10 heteroatoms. The number of rotatable bonds is 8. The van der Waals surface area contributed by atoms with E-state index in [0.29, 0.717) is 15.8 Å². The number of carbonyl (C=O) groups is 1. The molecule has 0 radical (unpaired) electrons. The molecule has 2 aromatic carbocycles. The van der Waals surface area contributed by atoms with Crippen LogP contribution in [0, 0.1) is 0 Å². The second kappa shape index (κ2) is 9.53. The highest BCUT2D eigenvalue weighted by atomic mass is 35.5. The summed E-state index contributed by atoms with van der Waals surface area (Å²) in [7, 11) is 1.33. The molecule has 0 aliphatic heterocycles. The van der Waals surface area contributed by atoms with Gasteiger partial charge in [0.1, 0.15) is 23.1 Å². The normalized spacial score (nSPS) is 10.7. The van der Waals surface area contributed by atoms with Crippen molar-refractivity contribution >= 4 is 34.5 Å². The van der Waals surface area contributed by atoms with Crippen molar-refractivity contribution in [2.75, 3.05) is 12.4 Å². The van der Waals surface area contributed by atoms with Crippen LogP contribution in [0.25, 0.3) is 0 Å². The van der Waals surface area contributed by atoms with Crippen molar-refractivity contribution in [3.8, 4) is 17.2 Å². The van der Waals surface area contributed by atoms with Crippen LogP contribution in [0.3, 0.4) is 0 Å². The fourth-order valence-electron chi connectivity index (χ4n) is 2.30. The van der Waals surface area contributed by atoms with Crippen molar-refractivity contribution in [1.82, 2.24) is 4.98 Å². The number of carbonyl (C=O) groups excluding carboxylic acids is 1. The van der Waals surface area contributed by atoms with Crippen LogP contribution in [0.15, 0.2) is 47.8 Å². The second-order valence-corrected chi connectivity index (χ2v) is 6.95. The van der Waals surface area contributed by atoms with Gasteiger partial charge < -0.3 is 19.5 Å². The van der Waals surface area contributed by atoms with E-state index in [9.17, 15) is 13.6 Å². The molecule has 152 valence electrons. The molecule has 0 saturated carbocycles. The molecule has 0 aliphatic rings. The van der Waals surface area contributed by atoms with Crippen molar-refractivity contribution in [1.29, 1.82) is 0 Å². The maximum absolute atomic E-state index is 12.5. The molecule has 1 N–H and O–H groups in total. The van der Waals surface area contributed by atoms with E-state index >= 15 is 0 Å². The van der Waals surface area contributed by atoms with Gasteiger partial charge in [-0.2, -0.15) is 8.78 Å². The van der Waals surface area contributed by atoms with Crippen LogP contribution in [-0.2, 0) is 6.61 Å². The molecule has 1 amide bonds. The molecule has 0 atom stereocenters. The van der Waals surface area contributed by atoms with Crippen LogP contribution in [-0.4, -0.2) is 24.6 Å². The Morgan fingerprint density at radius 3 is 2.66 bits per heavy atom. The zero-order valence-corrected chi connectivity index (χ0v) is 16.6. The number of nitrogens with zero attached hydrogens (tertiary/aromatic N) is 1. The topological polar surface area (TPSA) is 69.7 Å². The number of hydrogen-bond donors (Lipinski definition) is 1. The number of nitrogens with one attached hydrogen (secondary N) is 1. The maximum Gasteiger partial charge on any atom is 0.387 e. The van der Waals surface area contributed by atoms with Crippen LogP contribution in [0.1, 0.15) is 15.5 Å². The summed E-state index contributed by atoms with van der Waals surface area (Å²) in [4.78, 5) is 16.6. The standard InChI is InChI=1S/C19H15ClF2N2O4S/c1-26-15-7-4-12(8-16(15)28-19(21)22)23-18(25)14-10-29-17(24-14)9-27-13-5-2-11(20)3-6-13/h2-8,10,19H,9H2,1H3,(H,23,25). The minimum absolute atomic E-state index is 0.124. The van der Waals surface area contributed by atoms with Gasteiger partial charge in [-0.1, -0.05) is 11.6 Å². The van der Waals surface area contributed by atoms with E-state index in [1.54, 1.807) is 29.6 Å². The SMILES string of the molecule is COc1ccc(NC(=O)c2csc(COc3ccc(Cl)cc3)n2)cc1OC(F)F. The molecule has 1 aromatic heterocycles. The first-order valence-corrected chi connectivity index (χ1v) is 9.47. The molecule has 0 aliphatic carbocycles. The number of methoxy groups -OCH3 is 1. The molecular weight excluding hydrogens is 426 g/mol. The van der Waals surface area contributed by atoms with Crippen LogP contribution >= 0.6 is 22.9 Å². The van der Waals surface area contributed by atoms with Crippen LogP contribution in [0.5, 0.6) is 17.2 Å². The predicted octanol–water partition coefficient (Wildman–Crippen LogP) is 5.24. The van der Waals surface area contributed by atoms with Gasteiger partial charge in [0.05, 0.1) is 7.11 Å². The van der Waals surface area contributed by atoms with Crippen LogP contribution in [0.4, 0.5) is 14.5 Å². The molecule has 29 heavy (non-hydrogen) atoms. The van der Waals surface area contributed by atoms with Gasteiger partial charge in [-0.3, -0.25) is 4.79 Å². The van der Waals surface area contributed by atoms with Crippen molar-refractivity contribution in [3.05, 3.63) is 63.6 Å². The first-order chi connectivity index (χ1) is 13.9.